The van der Waals surface area contributed by atoms with Crippen LogP contribution in [0.3, 0.4) is 0 Å². The van der Waals surface area contributed by atoms with E-state index in [1.54, 1.807) is 6.20 Å². The van der Waals surface area contributed by atoms with Crippen LogP contribution in [0.25, 0.3) is 10.9 Å². The fourth-order valence-corrected chi connectivity index (χ4v) is 2.85. The number of nitrogens with zero attached hydrogens (tertiary/aromatic N) is 1. The Bertz CT molecular complexity index is 770. The van der Waals surface area contributed by atoms with E-state index in [1.807, 2.05) is 55.5 Å². The van der Waals surface area contributed by atoms with Gasteiger partial charge in [-0.1, -0.05) is 57.9 Å². The number of aromatic nitrogens is 1. The standard InChI is InChI=1S/C17H14BrNO/c1-11-4-2-5-12(10-11)17(20)14-7-8-15(18)13-6-3-9-19-16(13)14/h2-10,17,20H,1H3. The maximum atomic E-state index is 10.6. The molecular weight excluding hydrogens is 314 g/mol. The lowest BCUT2D eigenvalue weighted by molar-refractivity contribution is 0.221. The SMILES string of the molecule is Cc1cccc(C(O)c2ccc(Br)c3cccnc23)c1. The predicted octanol–water partition coefficient (Wildman–Crippen LogP) is 4.39. The van der Waals surface area contributed by atoms with Crippen LogP contribution in [0.1, 0.15) is 22.8 Å². The summed E-state index contributed by atoms with van der Waals surface area (Å²) in [6.07, 6.45) is 1.08. The first-order valence-corrected chi connectivity index (χ1v) is 7.24. The topological polar surface area (TPSA) is 33.1 Å². The summed E-state index contributed by atoms with van der Waals surface area (Å²) in [6.45, 7) is 2.02. The second kappa shape index (κ2) is 5.35. The molecule has 0 spiro atoms. The molecule has 1 N–H and O–H groups in total. The van der Waals surface area contributed by atoms with Gasteiger partial charge in [-0.05, 0) is 24.6 Å². The summed E-state index contributed by atoms with van der Waals surface area (Å²) in [6, 6.07) is 15.7. The van der Waals surface area contributed by atoms with Crippen molar-refractivity contribution in [2.24, 2.45) is 0 Å². The Hall–Kier alpha value is -1.71. The fraction of sp³-hybridized carbons (Fsp3) is 0.118. The highest BCUT2D eigenvalue weighted by molar-refractivity contribution is 9.10. The van der Waals surface area contributed by atoms with Crippen LogP contribution in [0.2, 0.25) is 0 Å². The van der Waals surface area contributed by atoms with Gasteiger partial charge in [0.2, 0.25) is 0 Å². The molecule has 0 amide bonds. The first-order valence-electron chi connectivity index (χ1n) is 6.44. The molecule has 0 aliphatic carbocycles. The van der Waals surface area contributed by atoms with Crippen molar-refractivity contribution in [3.05, 3.63) is 75.9 Å². The number of aryl methyl sites for hydroxylation is 1. The molecule has 100 valence electrons. The summed E-state index contributed by atoms with van der Waals surface area (Å²) in [5.41, 5.74) is 3.68. The zero-order valence-corrected chi connectivity index (χ0v) is 12.6. The number of pyridine rings is 1. The van der Waals surface area contributed by atoms with Crippen molar-refractivity contribution in [1.82, 2.24) is 4.98 Å². The molecule has 3 heteroatoms. The van der Waals surface area contributed by atoms with E-state index in [0.29, 0.717) is 0 Å². The molecule has 0 aliphatic rings. The monoisotopic (exact) mass is 327 g/mol. The highest BCUT2D eigenvalue weighted by Gasteiger charge is 2.15. The fourth-order valence-electron chi connectivity index (χ4n) is 2.40. The van der Waals surface area contributed by atoms with Gasteiger partial charge in [0.05, 0.1) is 5.52 Å². The Balaban J connectivity index is 2.17. The smallest absolute Gasteiger partial charge is 0.106 e. The van der Waals surface area contributed by atoms with Crippen LogP contribution >= 0.6 is 15.9 Å². The van der Waals surface area contributed by atoms with Crippen LogP contribution < -0.4 is 0 Å². The van der Waals surface area contributed by atoms with Gasteiger partial charge in [-0.25, -0.2) is 0 Å². The van der Waals surface area contributed by atoms with E-state index in [1.165, 1.54) is 0 Å². The molecule has 1 atom stereocenters. The minimum Gasteiger partial charge on any atom is -0.384 e. The third-order valence-electron chi connectivity index (χ3n) is 3.40. The Morgan fingerprint density at radius 3 is 2.75 bits per heavy atom. The van der Waals surface area contributed by atoms with Crippen molar-refractivity contribution >= 4 is 26.8 Å². The quantitative estimate of drug-likeness (QED) is 0.757. The van der Waals surface area contributed by atoms with Gasteiger partial charge in [-0.2, -0.15) is 0 Å². The normalized spacial score (nSPS) is 12.6. The van der Waals surface area contributed by atoms with Gasteiger partial charge in [-0.15, -0.1) is 0 Å². The van der Waals surface area contributed by atoms with Crippen molar-refractivity contribution in [2.75, 3.05) is 0 Å². The van der Waals surface area contributed by atoms with Crippen molar-refractivity contribution in [3.8, 4) is 0 Å². The molecule has 1 heterocycles. The summed E-state index contributed by atoms with van der Waals surface area (Å²) in [5.74, 6) is 0. The Morgan fingerprint density at radius 2 is 1.95 bits per heavy atom. The maximum absolute atomic E-state index is 10.6. The van der Waals surface area contributed by atoms with Crippen LogP contribution in [0.4, 0.5) is 0 Å². The third-order valence-corrected chi connectivity index (χ3v) is 4.09. The molecule has 3 rings (SSSR count). The zero-order valence-electron chi connectivity index (χ0n) is 11.0. The van der Waals surface area contributed by atoms with Crippen LogP contribution in [0.15, 0.2) is 59.2 Å². The number of rotatable bonds is 2. The predicted molar refractivity (Wildman–Crippen MR) is 84.7 cm³/mol. The first-order chi connectivity index (χ1) is 9.66. The molecule has 0 aliphatic heterocycles. The van der Waals surface area contributed by atoms with Crippen LogP contribution in [-0.2, 0) is 0 Å². The van der Waals surface area contributed by atoms with Gasteiger partial charge in [-0.3, -0.25) is 4.98 Å². The van der Waals surface area contributed by atoms with Crippen LogP contribution in [0.5, 0.6) is 0 Å². The summed E-state index contributed by atoms with van der Waals surface area (Å²) in [5, 5.41) is 11.7. The van der Waals surface area contributed by atoms with Gasteiger partial charge < -0.3 is 5.11 Å². The minimum atomic E-state index is -0.666. The Kier molecular flexibility index (Phi) is 3.55. The van der Waals surface area contributed by atoms with Crippen molar-refractivity contribution < 1.29 is 5.11 Å². The van der Waals surface area contributed by atoms with E-state index in [4.69, 9.17) is 0 Å². The lowest BCUT2D eigenvalue weighted by atomic mass is 9.98. The summed E-state index contributed by atoms with van der Waals surface area (Å²) < 4.78 is 0.987. The molecule has 1 unspecified atom stereocenters. The lowest BCUT2D eigenvalue weighted by Crippen LogP contribution is -2.02. The van der Waals surface area contributed by atoms with Crippen molar-refractivity contribution in [1.29, 1.82) is 0 Å². The number of halogens is 1. The minimum absolute atomic E-state index is 0.666. The van der Waals surface area contributed by atoms with Crippen LogP contribution in [0, 0.1) is 6.92 Å². The van der Waals surface area contributed by atoms with E-state index < -0.39 is 6.10 Å². The summed E-state index contributed by atoms with van der Waals surface area (Å²) in [7, 11) is 0. The molecular formula is C17H14BrNO. The molecule has 1 aromatic heterocycles. The van der Waals surface area contributed by atoms with Gasteiger partial charge in [0.1, 0.15) is 6.10 Å². The molecule has 20 heavy (non-hydrogen) atoms. The first kappa shape index (κ1) is 13.3. The van der Waals surface area contributed by atoms with E-state index >= 15 is 0 Å². The highest BCUT2D eigenvalue weighted by Crippen LogP contribution is 2.31. The number of hydrogen-bond acceptors (Lipinski definition) is 2. The molecule has 0 saturated carbocycles. The number of fused-ring (bicyclic) bond motifs is 1. The molecule has 2 aromatic carbocycles. The van der Waals surface area contributed by atoms with Crippen LogP contribution in [-0.4, -0.2) is 10.1 Å². The second-order valence-electron chi connectivity index (χ2n) is 4.85. The van der Waals surface area contributed by atoms with E-state index in [9.17, 15) is 5.11 Å². The van der Waals surface area contributed by atoms with Gasteiger partial charge in [0.25, 0.3) is 0 Å². The molecule has 0 bridgehead atoms. The number of hydrogen-bond donors (Lipinski definition) is 1. The third kappa shape index (κ3) is 2.35. The number of aliphatic hydroxyl groups excluding tert-OH is 1. The van der Waals surface area contributed by atoms with Gasteiger partial charge >= 0.3 is 0 Å². The van der Waals surface area contributed by atoms with Crippen molar-refractivity contribution in [3.63, 3.8) is 0 Å². The van der Waals surface area contributed by atoms with E-state index in [2.05, 4.69) is 20.9 Å². The highest BCUT2D eigenvalue weighted by atomic mass is 79.9. The lowest BCUT2D eigenvalue weighted by Gasteiger charge is -2.14. The molecule has 0 saturated heterocycles. The number of benzene rings is 2. The molecule has 3 aromatic rings. The summed E-state index contributed by atoms with van der Waals surface area (Å²) in [4.78, 5) is 4.42. The van der Waals surface area contributed by atoms with E-state index in [0.717, 1.165) is 32.1 Å². The average Bonchev–Trinajstić information content (AvgIpc) is 2.47. The van der Waals surface area contributed by atoms with Gasteiger partial charge in [0, 0.05) is 21.6 Å². The van der Waals surface area contributed by atoms with E-state index in [-0.39, 0.29) is 0 Å². The largest absolute Gasteiger partial charge is 0.384 e. The molecule has 0 radical (unpaired) electrons. The molecule has 2 nitrogen and oxygen atoms in total. The Labute approximate surface area is 126 Å². The summed E-state index contributed by atoms with van der Waals surface area (Å²) >= 11 is 3.53. The molecule has 0 fully saturated rings. The van der Waals surface area contributed by atoms with Crippen molar-refractivity contribution in [2.45, 2.75) is 13.0 Å². The number of aliphatic hydroxyl groups is 1. The zero-order chi connectivity index (χ0) is 14.1. The average molecular weight is 328 g/mol. The maximum Gasteiger partial charge on any atom is 0.106 e. The Morgan fingerprint density at radius 1 is 1.10 bits per heavy atom. The van der Waals surface area contributed by atoms with Gasteiger partial charge in [0.15, 0.2) is 0 Å². The second-order valence-corrected chi connectivity index (χ2v) is 5.71.